The molecule has 166 valence electrons. The highest BCUT2D eigenvalue weighted by Gasteiger charge is 2.43. The van der Waals surface area contributed by atoms with E-state index in [-0.39, 0.29) is 5.03 Å². The Morgan fingerprint density at radius 3 is 2.56 bits per heavy atom. The highest BCUT2D eigenvalue weighted by atomic mass is 32.2. The first kappa shape index (κ1) is 21.9. The number of ether oxygens (including phenoxy) is 1. The second-order valence-corrected chi connectivity index (χ2v) is 8.22. The van der Waals surface area contributed by atoms with Gasteiger partial charge in [-0.05, 0) is 53.8 Å². The summed E-state index contributed by atoms with van der Waals surface area (Å²) in [5.41, 5.74) is 4.18. The molecule has 0 saturated heterocycles. The third-order valence-corrected chi connectivity index (χ3v) is 5.96. The first-order valence-electron chi connectivity index (χ1n) is 9.59. The molecule has 1 N–H and O–H groups in total. The molecule has 2 heterocycles. The van der Waals surface area contributed by atoms with Gasteiger partial charge in [-0.3, -0.25) is 0 Å². The Morgan fingerprint density at radius 2 is 1.84 bits per heavy atom. The van der Waals surface area contributed by atoms with Gasteiger partial charge in [-0.1, -0.05) is 35.2 Å². The lowest BCUT2D eigenvalue weighted by atomic mass is 9.96. The number of fused-ring (bicyclic) bond motifs is 1. The largest absolute Gasteiger partial charge is 0.491 e. The van der Waals surface area contributed by atoms with Crippen LogP contribution in [-0.2, 0) is 16.0 Å². The van der Waals surface area contributed by atoms with Crippen molar-refractivity contribution in [3.63, 3.8) is 0 Å². The van der Waals surface area contributed by atoms with Gasteiger partial charge in [0.25, 0.3) is 0 Å². The highest BCUT2D eigenvalue weighted by Crippen LogP contribution is 2.33. The summed E-state index contributed by atoms with van der Waals surface area (Å²) in [5, 5.41) is 9.29. The molecule has 4 rings (SSSR count). The molecule has 0 spiro atoms. The van der Waals surface area contributed by atoms with Gasteiger partial charge >= 0.3 is 18.1 Å². The van der Waals surface area contributed by atoms with E-state index in [1.54, 1.807) is 12.1 Å². The number of rotatable bonds is 4. The van der Waals surface area contributed by atoms with E-state index < -0.39 is 23.8 Å². The van der Waals surface area contributed by atoms with Gasteiger partial charge in [0.15, 0.2) is 10.7 Å². The molecule has 1 aromatic heterocycles. The van der Waals surface area contributed by atoms with Crippen LogP contribution in [0, 0.1) is 0 Å². The fraction of sp³-hybridized carbons (Fsp3) is 0.238. The van der Waals surface area contributed by atoms with E-state index in [1.165, 1.54) is 11.3 Å². The highest BCUT2D eigenvalue weighted by molar-refractivity contribution is 7.99. The quantitative estimate of drug-likeness (QED) is 0.458. The molecule has 0 atom stereocenters. The zero-order valence-corrected chi connectivity index (χ0v) is 17.6. The third-order valence-electron chi connectivity index (χ3n) is 4.97. The van der Waals surface area contributed by atoms with Crippen molar-refractivity contribution in [2.24, 2.45) is 0 Å². The summed E-state index contributed by atoms with van der Waals surface area (Å²) in [6.45, 7) is 1.04. The van der Waals surface area contributed by atoms with Crippen molar-refractivity contribution < 1.29 is 27.5 Å². The van der Waals surface area contributed by atoms with Gasteiger partial charge in [0.2, 0.25) is 0 Å². The Morgan fingerprint density at radius 1 is 1.12 bits per heavy atom. The third kappa shape index (κ3) is 4.62. The Labute approximate surface area is 184 Å². The van der Waals surface area contributed by atoms with Crippen molar-refractivity contribution in [3.05, 3.63) is 53.7 Å². The minimum atomic E-state index is -5.28. The summed E-state index contributed by atoms with van der Waals surface area (Å²) in [6.07, 6.45) is -3.14. The standard InChI is InChI=1S/C21H17F3N4O3S/c1-28-10-2-3-14-11-13(6-9-16(14)28)12-4-7-15(8-5-12)32-18-17(25-27-26-18)19(29)31-20(30)21(22,23)24/h4-9,11H,2-3,10H2,1H3,(H,25,26,27). The number of hydrogen-bond donors (Lipinski definition) is 1. The fourth-order valence-corrected chi connectivity index (χ4v) is 4.22. The molecule has 0 unspecified atom stereocenters. The van der Waals surface area contributed by atoms with Crippen molar-refractivity contribution in [1.82, 2.24) is 15.4 Å². The number of H-pyrrole nitrogens is 1. The Bertz CT molecular complexity index is 1160. The van der Waals surface area contributed by atoms with E-state index in [0.29, 0.717) is 4.90 Å². The summed E-state index contributed by atoms with van der Waals surface area (Å²) in [7, 11) is 2.08. The first-order valence-corrected chi connectivity index (χ1v) is 10.4. The van der Waals surface area contributed by atoms with Gasteiger partial charge in [0, 0.05) is 24.2 Å². The molecule has 11 heteroatoms. The van der Waals surface area contributed by atoms with Crippen LogP contribution < -0.4 is 4.90 Å². The number of anilines is 1. The van der Waals surface area contributed by atoms with Crippen molar-refractivity contribution in [3.8, 4) is 11.1 Å². The van der Waals surface area contributed by atoms with Gasteiger partial charge in [0.1, 0.15) is 0 Å². The van der Waals surface area contributed by atoms with Crippen LogP contribution in [0.25, 0.3) is 11.1 Å². The lowest BCUT2D eigenvalue weighted by Crippen LogP contribution is -2.28. The molecule has 1 aliphatic rings. The molecule has 0 amide bonds. The average molecular weight is 462 g/mol. The zero-order valence-electron chi connectivity index (χ0n) is 16.8. The van der Waals surface area contributed by atoms with Gasteiger partial charge in [0.05, 0.1) is 0 Å². The first-order chi connectivity index (χ1) is 15.2. The molecule has 2 aromatic carbocycles. The Balaban J connectivity index is 1.48. The van der Waals surface area contributed by atoms with E-state index in [9.17, 15) is 22.8 Å². The topological polar surface area (TPSA) is 88.2 Å². The smallest absolute Gasteiger partial charge is 0.381 e. The van der Waals surface area contributed by atoms with Crippen LogP contribution in [0.5, 0.6) is 0 Å². The van der Waals surface area contributed by atoms with E-state index in [2.05, 4.69) is 50.3 Å². The maximum atomic E-state index is 12.3. The SMILES string of the molecule is CN1CCCc2cc(-c3ccc(Sc4nn[nH]c4C(=O)OC(=O)C(F)(F)F)cc3)ccc21. The second-order valence-electron chi connectivity index (χ2n) is 7.16. The number of carbonyl (C=O) groups is 2. The Hall–Kier alpha value is -3.34. The number of carbonyl (C=O) groups excluding carboxylic acids is 2. The molecule has 7 nitrogen and oxygen atoms in total. The number of halogens is 3. The van der Waals surface area contributed by atoms with Crippen LogP contribution >= 0.6 is 11.8 Å². The number of nitrogens with one attached hydrogen (secondary N) is 1. The van der Waals surface area contributed by atoms with E-state index in [4.69, 9.17) is 0 Å². The summed E-state index contributed by atoms with van der Waals surface area (Å²) < 4.78 is 40.8. The van der Waals surface area contributed by atoms with Crippen LogP contribution in [0.3, 0.4) is 0 Å². The minimum absolute atomic E-state index is 0.00505. The number of aromatic amines is 1. The van der Waals surface area contributed by atoms with Crippen LogP contribution in [0.4, 0.5) is 18.9 Å². The molecule has 32 heavy (non-hydrogen) atoms. The fourth-order valence-electron chi connectivity index (χ4n) is 3.41. The lowest BCUT2D eigenvalue weighted by Gasteiger charge is -2.27. The predicted molar refractivity (Wildman–Crippen MR) is 110 cm³/mol. The monoisotopic (exact) mass is 462 g/mol. The number of aromatic nitrogens is 3. The van der Waals surface area contributed by atoms with Gasteiger partial charge in [-0.2, -0.15) is 13.2 Å². The Kier molecular flexibility index (Phi) is 5.92. The normalized spacial score (nSPS) is 13.6. The van der Waals surface area contributed by atoms with Gasteiger partial charge in [-0.15, -0.1) is 5.10 Å². The van der Waals surface area contributed by atoms with Crippen LogP contribution in [0.2, 0.25) is 0 Å². The lowest BCUT2D eigenvalue weighted by molar-refractivity contribution is -0.193. The summed E-state index contributed by atoms with van der Waals surface area (Å²) in [5.74, 6) is -4.11. The van der Waals surface area contributed by atoms with Crippen molar-refractivity contribution in [1.29, 1.82) is 0 Å². The molecule has 0 aliphatic carbocycles. The number of esters is 2. The van der Waals surface area contributed by atoms with Crippen molar-refractivity contribution in [2.75, 3.05) is 18.5 Å². The van der Waals surface area contributed by atoms with E-state index in [1.807, 2.05) is 12.1 Å². The summed E-state index contributed by atoms with van der Waals surface area (Å²) in [6, 6.07) is 13.8. The predicted octanol–water partition coefficient (Wildman–Crippen LogP) is 4.25. The van der Waals surface area contributed by atoms with Crippen molar-refractivity contribution >= 4 is 29.4 Å². The van der Waals surface area contributed by atoms with Crippen LogP contribution in [0.15, 0.2) is 52.4 Å². The van der Waals surface area contributed by atoms with E-state index >= 15 is 0 Å². The minimum Gasteiger partial charge on any atom is -0.381 e. The maximum absolute atomic E-state index is 12.3. The van der Waals surface area contributed by atoms with Crippen LogP contribution in [-0.4, -0.2) is 47.1 Å². The van der Waals surface area contributed by atoms with Gasteiger partial charge in [-0.25, -0.2) is 14.7 Å². The van der Waals surface area contributed by atoms with E-state index in [0.717, 1.165) is 42.3 Å². The molecule has 0 bridgehead atoms. The molecule has 1 aliphatic heterocycles. The summed E-state index contributed by atoms with van der Waals surface area (Å²) in [4.78, 5) is 25.7. The van der Waals surface area contributed by atoms with Gasteiger partial charge < -0.3 is 9.64 Å². The molecular formula is C21H17F3N4O3S. The average Bonchev–Trinajstić information content (AvgIpc) is 3.22. The molecule has 0 fully saturated rings. The molecule has 3 aromatic rings. The summed E-state index contributed by atoms with van der Waals surface area (Å²) >= 11 is 1.01. The number of nitrogens with zero attached hydrogens (tertiary/aromatic N) is 3. The maximum Gasteiger partial charge on any atom is 0.491 e. The molecular weight excluding hydrogens is 445 g/mol. The van der Waals surface area contributed by atoms with Crippen LogP contribution in [0.1, 0.15) is 22.5 Å². The molecule has 0 saturated carbocycles. The number of aryl methyl sites for hydroxylation is 1. The second kappa shape index (κ2) is 8.65. The number of benzene rings is 2. The van der Waals surface area contributed by atoms with Crippen molar-refractivity contribution in [2.45, 2.75) is 28.9 Å². The zero-order chi connectivity index (χ0) is 22.9. The number of hydrogen-bond acceptors (Lipinski definition) is 7. The molecule has 0 radical (unpaired) electrons. The number of alkyl halides is 3.